The van der Waals surface area contributed by atoms with Gasteiger partial charge in [-0.3, -0.25) is 9.59 Å². The summed E-state index contributed by atoms with van der Waals surface area (Å²) in [6, 6.07) is 23.0. The molecule has 8 aromatic rings. The van der Waals surface area contributed by atoms with Crippen molar-refractivity contribution in [2.45, 2.75) is 13.1 Å². The summed E-state index contributed by atoms with van der Waals surface area (Å²) < 4.78 is 27.7. The number of aromatic nitrogens is 10. The lowest BCUT2D eigenvalue weighted by molar-refractivity contribution is -0.684. The third-order valence-electron chi connectivity index (χ3n) is 8.98. The highest BCUT2D eigenvalue weighted by Gasteiger charge is 2.22. The van der Waals surface area contributed by atoms with E-state index >= 15 is 0 Å². The second-order valence-electron chi connectivity index (χ2n) is 13.3. The molecule has 2 amide bonds. The summed E-state index contributed by atoms with van der Waals surface area (Å²) in [5.41, 5.74) is 4.94. The van der Waals surface area contributed by atoms with E-state index in [1.165, 1.54) is 43.1 Å². The number of carbonyl (C=O) groups excluding carboxylic acids is 2. The number of thiophene rings is 2. The predicted molar refractivity (Wildman–Crippen MR) is 259 cm³/mol. The van der Waals surface area contributed by atoms with E-state index in [4.69, 9.17) is 52.2 Å². The molecule has 346 valence electrons. The van der Waals surface area contributed by atoms with Crippen molar-refractivity contribution in [3.05, 3.63) is 131 Å². The number of benzene rings is 2. The number of hydrogen-bond donors (Lipinski definition) is 4. The van der Waals surface area contributed by atoms with E-state index in [-0.39, 0.29) is 35.7 Å². The van der Waals surface area contributed by atoms with Crippen LogP contribution in [0.15, 0.2) is 97.6 Å². The lowest BCUT2D eigenvalue weighted by Gasteiger charge is -2.09. The molecule has 0 aliphatic rings. The highest BCUT2D eigenvalue weighted by Crippen LogP contribution is 2.28. The molecule has 20 nitrogen and oxygen atoms in total. The minimum Gasteiger partial charge on any atom is -0.481 e. The summed E-state index contributed by atoms with van der Waals surface area (Å²) >= 11 is 16.4. The molecule has 0 saturated carbocycles. The smallest absolute Gasteiger partial charge is 0.481 e. The van der Waals surface area contributed by atoms with Crippen LogP contribution in [0.1, 0.15) is 30.7 Å². The van der Waals surface area contributed by atoms with Crippen molar-refractivity contribution in [1.82, 2.24) is 55.6 Å². The molecule has 0 spiro atoms. The van der Waals surface area contributed by atoms with Crippen molar-refractivity contribution in [1.29, 1.82) is 0 Å². The quantitative estimate of drug-likeness (QED) is 0.0666. The Hall–Kier alpha value is -6.29. The largest absolute Gasteiger partial charge is 0.500 e. The third kappa shape index (κ3) is 13.4. The molecule has 4 N–H and O–H groups in total. The first-order chi connectivity index (χ1) is 32.3. The summed E-state index contributed by atoms with van der Waals surface area (Å²) in [5, 5.41) is 39.7. The maximum Gasteiger partial charge on any atom is 0.500 e. The van der Waals surface area contributed by atoms with E-state index < -0.39 is 7.12 Å². The van der Waals surface area contributed by atoms with Gasteiger partial charge in [-0.15, -0.1) is 32.9 Å². The Morgan fingerprint density at radius 1 is 0.731 bits per heavy atom. The van der Waals surface area contributed by atoms with Gasteiger partial charge in [0.25, 0.3) is 17.7 Å². The molecular formula is C41H39BCl2IN12O8S2+. The van der Waals surface area contributed by atoms with E-state index in [2.05, 4.69) is 68.8 Å². The van der Waals surface area contributed by atoms with E-state index in [9.17, 15) is 9.59 Å². The summed E-state index contributed by atoms with van der Waals surface area (Å²) in [6.45, 7) is 0.580. The topological polar surface area (TPSA) is 240 Å². The van der Waals surface area contributed by atoms with Gasteiger partial charge in [-0.1, -0.05) is 45.8 Å². The number of ether oxygens (including phenoxy) is 4. The third-order valence-corrected chi connectivity index (χ3v) is 12.2. The minimum atomic E-state index is -1.65. The van der Waals surface area contributed by atoms with Crippen molar-refractivity contribution < 1.29 is 43.2 Å². The Morgan fingerprint density at radius 2 is 1.27 bits per heavy atom. The van der Waals surface area contributed by atoms with Gasteiger partial charge in [-0.05, 0) is 93.8 Å². The molecule has 0 bridgehead atoms. The Kier molecular flexibility index (Phi) is 17.9. The number of nitrogens with one attached hydrogen (secondary N) is 2. The Balaban J connectivity index is 0.000000182. The van der Waals surface area contributed by atoms with E-state index in [0.29, 0.717) is 48.3 Å². The molecule has 6 aromatic heterocycles. The number of hydrogen-bond acceptors (Lipinski definition) is 17. The van der Waals surface area contributed by atoms with Crippen molar-refractivity contribution in [3.8, 4) is 46.3 Å². The van der Waals surface area contributed by atoms with Crippen LogP contribution in [0, 0.1) is 3.57 Å². The molecule has 6 heterocycles. The second-order valence-corrected chi connectivity index (χ2v) is 18.0. The molecule has 0 unspecified atom stereocenters. The minimum absolute atomic E-state index is 0.0850. The van der Waals surface area contributed by atoms with Crippen LogP contribution in [-0.2, 0) is 20.1 Å². The summed E-state index contributed by atoms with van der Waals surface area (Å²) in [7, 11) is 6.12. The SMILES string of the molecule is COc1ncc(-c2ccc(-n3cc(CNC(=O)c4ccc(Cl)s4)nn3)cc2)c(OC)[n+]1C.COc1ncc(B(O)O)c(OC)n1.O=C(NCc1cn(-c2ccc(I)cc2)nn1)c1ccc(Cl)s1. The fourth-order valence-corrected chi connectivity index (χ4v) is 8.03. The second kappa shape index (κ2) is 23.9. The van der Waals surface area contributed by atoms with E-state index in [1.807, 2.05) is 55.6 Å². The van der Waals surface area contributed by atoms with Gasteiger partial charge in [0, 0.05) is 9.77 Å². The maximum atomic E-state index is 12.2. The number of amides is 2. The normalized spacial score (nSPS) is 10.5. The van der Waals surface area contributed by atoms with Crippen molar-refractivity contribution in [2.24, 2.45) is 7.05 Å². The van der Waals surface area contributed by atoms with Gasteiger partial charge in [-0.2, -0.15) is 9.55 Å². The van der Waals surface area contributed by atoms with E-state index in [1.54, 1.807) is 71.0 Å². The molecule has 0 aliphatic carbocycles. The van der Waals surface area contributed by atoms with Gasteiger partial charge in [0.15, 0.2) is 6.20 Å². The van der Waals surface area contributed by atoms with Crippen LogP contribution in [0.4, 0.5) is 0 Å². The van der Waals surface area contributed by atoms with Gasteiger partial charge in [0.1, 0.15) is 17.0 Å². The number of rotatable bonds is 14. The highest BCUT2D eigenvalue weighted by atomic mass is 127. The maximum absolute atomic E-state index is 12.2. The average molecular weight is 1100 g/mol. The molecule has 0 atom stereocenters. The molecular weight excluding hydrogens is 1060 g/mol. The van der Waals surface area contributed by atoms with Crippen LogP contribution in [0.2, 0.25) is 8.67 Å². The summed E-state index contributed by atoms with van der Waals surface area (Å²) in [4.78, 5) is 37.0. The van der Waals surface area contributed by atoms with Gasteiger partial charge in [0.05, 0.1) is 96.2 Å². The van der Waals surface area contributed by atoms with Gasteiger partial charge < -0.3 is 39.6 Å². The standard InChI is InChI=1S/C21H19ClN6O3S.C14H10ClIN4OS.C6H9BN2O4/c1-27-20(30-2)16(11-24-21(27)31-3)13-4-6-15(7-5-13)28-12-14(25-26-28)10-23-19(29)17-8-9-18(22)32-17;15-13-6-5-12(22-13)14(21)17-7-10-8-20(19-18-10)11-3-1-9(16)2-4-11;1-12-5-4(7(10)11)3-8-6(9-5)13-2/h4-9,11-12H,10H2,1-3H3;1-6,8H,7H2,(H,17,21);3,10-11H,1-2H3/p+1. The van der Waals surface area contributed by atoms with E-state index in [0.717, 1.165) is 26.1 Å². The number of halogens is 3. The molecule has 0 fully saturated rings. The van der Waals surface area contributed by atoms with Gasteiger partial charge in [-0.25, -0.2) is 14.3 Å². The zero-order valence-corrected chi connectivity index (χ0v) is 41.3. The molecule has 0 aliphatic heterocycles. The number of nitrogens with zero attached hydrogens (tertiary/aromatic N) is 10. The first-order valence-corrected chi connectivity index (χ1v) is 22.8. The fraction of sp³-hybridized carbons (Fsp3) is 0.171. The Morgan fingerprint density at radius 3 is 1.72 bits per heavy atom. The lowest BCUT2D eigenvalue weighted by atomic mass is 9.82. The van der Waals surface area contributed by atoms with Crippen LogP contribution >= 0.6 is 68.5 Å². The molecule has 26 heteroatoms. The van der Waals surface area contributed by atoms with Crippen LogP contribution in [0.3, 0.4) is 0 Å². The average Bonchev–Trinajstić information content (AvgIpc) is 4.19. The molecule has 2 aromatic carbocycles. The Bertz CT molecular complexity index is 2920. The predicted octanol–water partition coefficient (Wildman–Crippen LogP) is 4.51. The molecule has 0 radical (unpaired) electrons. The first kappa shape index (κ1) is 50.1. The van der Waals surface area contributed by atoms with Crippen LogP contribution in [-0.4, -0.2) is 102 Å². The van der Waals surface area contributed by atoms with Crippen LogP contribution < -0.4 is 39.6 Å². The van der Waals surface area contributed by atoms with Crippen LogP contribution in [0.5, 0.6) is 23.8 Å². The number of carbonyl (C=O) groups is 2. The molecule has 67 heavy (non-hydrogen) atoms. The molecule has 8 rings (SSSR count). The lowest BCUT2D eigenvalue weighted by Crippen LogP contribution is -2.34. The number of methoxy groups -OCH3 is 4. The monoisotopic (exact) mass is 1100 g/mol. The fourth-order valence-electron chi connectivity index (χ4n) is 5.75. The van der Waals surface area contributed by atoms with Crippen molar-refractivity contribution in [3.63, 3.8) is 0 Å². The zero-order chi connectivity index (χ0) is 48.0. The first-order valence-electron chi connectivity index (χ1n) is 19.3. The summed E-state index contributed by atoms with van der Waals surface area (Å²) in [6.07, 6.45) is 6.51. The highest BCUT2D eigenvalue weighted by molar-refractivity contribution is 14.1. The van der Waals surface area contributed by atoms with Gasteiger partial charge >= 0.3 is 19.1 Å². The molecule has 0 saturated heterocycles. The van der Waals surface area contributed by atoms with Gasteiger partial charge in [0.2, 0.25) is 5.88 Å². The van der Waals surface area contributed by atoms with Crippen LogP contribution in [0.25, 0.3) is 22.5 Å². The zero-order valence-electron chi connectivity index (χ0n) is 36.0. The van der Waals surface area contributed by atoms with Crippen molar-refractivity contribution in [2.75, 3.05) is 28.4 Å². The summed E-state index contributed by atoms with van der Waals surface area (Å²) in [5.74, 6) is 0.356. The Labute approximate surface area is 414 Å². The van der Waals surface area contributed by atoms with Crippen molar-refractivity contribution >= 4 is 92.9 Å².